The SMILES string of the molecule is CO[C@H]1O[C@@]2(C[C@H]2CO)[C@@H](OCc2ccccc2)[C@H](OCc2ccccc2)[C@H]1OCc1ccccc1. The fraction of sp³-hybridized carbons (Fsp3) is 0.400. The van der Waals surface area contributed by atoms with Crippen molar-refractivity contribution < 1.29 is 28.8 Å². The highest BCUT2D eigenvalue weighted by Gasteiger charge is 2.69. The van der Waals surface area contributed by atoms with Gasteiger partial charge in [0, 0.05) is 19.6 Å². The van der Waals surface area contributed by atoms with Crippen molar-refractivity contribution in [2.75, 3.05) is 13.7 Å². The van der Waals surface area contributed by atoms with Crippen LogP contribution in [0.25, 0.3) is 0 Å². The van der Waals surface area contributed by atoms with Crippen LogP contribution in [0, 0.1) is 5.92 Å². The monoisotopic (exact) mass is 490 g/mol. The predicted octanol–water partition coefficient (Wildman–Crippen LogP) is 4.50. The Hall–Kier alpha value is -2.58. The molecule has 1 aliphatic heterocycles. The molecule has 5 rings (SSSR count). The van der Waals surface area contributed by atoms with Crippen LogP contribution < -0.4 is 0 Å². The van der Waals surface area contributed by atoms with Crippen LogP contribution in [0.3, 0.4) is 0 Å². The zero-order chi connectivity index (χ0) is 24.8. The van der Waals surface area contributed by atoms with Crippen molar-refractivity contribution in [1.82, 2.24) is 0 Å². The van der Waals surface area contributed by atoms with Gasteiger partial charge in [-0.25, -0.2) is 0 Å². The van der Waals surface area contributed by atoms with Crippen LogP contribution in [0.5, 0.6) is 0 Å². The van der Waals surface area contributed by atoms with Crippen molar-refractivity contribution in [3.63, 3.8) is 0 Å². The van der Waals surface area contributed by atoms with Crippen molar-refractivity contribution in [1.29, 1.82) is 0 Å². The predicted molar refractivity (Wildman–Crippen MR) is 135 cm³/mol. The summed E-state index contributed by atoms with van der Waals surface area (Å²) in [5.41, 5.74) is 2.49. The topological polar surface area (TPSA) is 66.4 Å². The first kappa shape index (κ1) is 25.1. The van der Waals surface area contributed by atoms with Gasteiger partial charge < -0.3 is 28.8 Å². The first-order valence-electron chi connectivity index (χ1n) is 12.5. The van der Waals surface area contributed by atoms with Crippen molar-refractivity contribution in [3.05, 3.63) is 108 Å². The minimum absolute atomic E-state index is 0.0164. The van der Waals surface area contributed by atoms with Crippen LogP contribution in [-0.4, -0.2) is 49.0 Å². The molecule has 0 radical (unpaired) electrons. The number of aliphatic hydroxyl groups excluding tert-OH is 1. The van der Waals surface area contributed by atoms with Gasteiger partial charge in [-0.1, -0.05) is 91.0 Å². The summed E-state index contributed by atoms with van der Waals surface area (Å²) in [5.74, 6) is -0.0474. The van der Waals surface area contributed by atoms with E-state index >= 15 is 0 Å². The Morgan fingerprint density at radius 1 is 0.722 bits per heavy atom. The van der Waals surface area contributed by atoms with Gasteiger partial charge in [-0.2, -0.15) is 0 Å². The Labute approximate surface area is 212 Å². The highest BCUT2D eigenvalue weighted by atomic mass is 16.7. The Morgan fingerprint density at radius 3 is 1.64 bits per heavy atom. The minimum atomic E-state index is -0.682. The van der Waals surface area contributed by atoms with E-state index in [4.69, 9.17) is 23.7 Å². The third kappa shape index (κ3) is 5.54. The zero-order valence-corrected chi connectivity index (χ0v) is 20.6. The lowest BCUT2D eigenvalue weighted by Crippen LogP contribution is -2.62. The number of methoxy groups -OCH3 is 1. The fourth-order valence-electron chi connectivity index (χ4n) is 5.06. The molecule has 0 bridgehead atoms. The van der Waals surface area contributed by atoms with Gasteiger partial charge in [0.05, 0.1) is 19.8 Å². The van der Waals surface area contributed by atoms with Crippen molar-refractivity contribution in [2.24, 2.45) is 5.92 Å². The van der Waals surface area contributed by atoms with Gasteiger partial charge in [-0.15, -0.1) is 0 Å². The van der Waals surface area contributed by atoms with Crippen LogP contribution in [0.1, 0.15) is 23.1 Å². The Bertz CT molecular complexity index is 1060. The molecule has 1 N–H and O–H groups in total. The van der Waals surface area contributed by atoms with Crippen LogP contribution >= 0.6 is 0 Å². The molecule has 1 spiro atoms. The second kappa shape index (κ2) is 11.6. The molecule has 6 atom stereocenters. The van der Waals surface area contributed by atoms with E-state index < -0.39 is 30.2 Å². The molecule has 1 saturated carbocycles. The molecule has 3 aromatic rings. The molecule has 190 valence electrons. The second-order valence-electron chi connectivity index (χ2n) is 9.50. The van der Waals surface area contributed by atoms with E-state index in [1.165, 1.54) is 0 Å². The highest BCUT2D eigenvalue weighted by Crippen LogP contribution is 2.55. The summed E-state index contributed by atoms with van der Waals surface area (Å²) < 4.78 is 31.9. The molecule has 6 nitrogen and oxygen atoms in total. The largest absolute Gasteiger partial charge is 0.396 e. The van der Waals surface area contributed by atoms with Gasteiger partial charge in [-0.3, -0.25) is 0 Å². The van der Waals surface area contributed by atoms with Crippen LogP contribution in [0.4, 0.5) is 0 Å². The highest BCUT2D eigenvalue weighted by molar-refractivity contribution is 5.19. The standard InChI is InChI=1S/C30H34O6/c1-32-29-27(34-20-23-13-7-3-8-14-23)26(33-19-22-11-5-2-6-12-22)28(30(36-29)17-25(30)18-31)35-21-24-15-9-4-10-16-24/h2-16,25-29,31H,17-21H2,1H3/t25-,26+,27+,28-,29-,30+/m0/s1. The molecule has 36 heavy (non-hydrogen) atoms. The summed E-state index contributed by atoms with van der Waals surface area (Å²) in [4.78, 5) is 0. The van der Waals surface area contributed by atoms with Crippen LogP contribution in [0.2, 0.25) is 0 Å². The van der Waals surface area contributed by atoms with E-state index in [2.05, 4.69) is 0 Å². The van der Waals surface area contributed by atoms with Gasteiger partial charge in [-0.05, 0) is 23.1 Å². The third-order valence-electron chi connectivity index (χ3n) is 7.10. The van der Waals surface area contributed by atoms with E-state index in [1.807, 2.05) is 91.0 Å². The molecule has 0 aromatic heterocycles. The molecule has 6 heteroatoms. The maximum atomic E-state index is 10.0. The summed E-state index contributed by atoms with van der Waals surface area (Å²) in [6.07, 6.45) is -1.40. The third-order valence-corrected chi connectivity index (χ3v) is 7.10. The smallest absolute Gasteiger partial charge is 0.186 e. The Morgan fingerprint density at radius 2 is 1.19 bits per heavy atom. The maximum absolute atomic E-state index is 10.0. The van der Waals surface area contributed by atoms with Crippen LogP contribution in [-0.2, 0) is 43.5 Å². The molecular weight excluding hydrogens is 456 g/mol. The lowest BCUT2D eigenvalue weighted by Gasteiger charge is -2.46. The molecular formula is C30H34O6. The van der Waals surface area contributed by atoms with Gasteiger partial charge in [0.1, 0.15) is 23.9 Å². The van der Waals surface area contributed by atoms with E-state index in [9.17, 15) is 5.11 Å². The van der Waals surface area contributed by atoms with Crippen LogP contribution in [0.15, 0.2) is 91.0 Å². The Balaban J connectivity index is 1.42. The first-order valence-corrected chi connectivity index (χ1v) is 12.5. The van der Waals surface area contributed by atoms with Gasteiger partial charge >= 0.3 is 0 Å². The lowest BCUT2D eigenvalue weighted by atomic mass is 9.94. The number of rotatable bonds is 11. The summed E-state index contributed by atoms with van der Waals surface area (Å²) in [6, 6.07) is 30.1. The first-order chi connectivity index (χ1) is 17.7. The number of aliphatic hydroxyl groups is 1. The summed E-state index contributed by atoms with van der Waals surface area (Å²) >= 11 is 0. The molecule has 1 saturated heterocycles. The van der Waals surface area contributed by atoms with Gasteiger partial charge in [0.2, 0.25) is 0 Å². The van der Waals surface area contributed by atoms with E-state index in [0.717, 1.165) is 16.7 Å². The molecule has 1 heterocycles. The molecule has 0 amide bonds. The average molecular weight is 491 g/mol. The number of hydrogen-bond donors (Lipinski definition) is 1. The van der Waals surface area contributed by atoms with Gasteiger partial charge in [0.15, 0.2) is 6.29 Å². The lowest BCUT2D eigenvalue weighted by molar-refractivity contribution is -0.330. The average Bonchev–Trinajstić information content (AvgIpc) is 3.65. The van der Waals surface area contributed by atoms with Crippen molar-refractivity contribution >= 4 is 0 Å². The normalized spacial score (nSPS) is 29.3. The molecule has 3 aromatic carbocycles. The zero-order valence-electron chi connectivity index (χ0n) is 20.6. The van der Waals surface area contributed by atoms with E-state index in [1.54, 1.807) is 7.11 Å². The molecule has 2 fully saturated rings. The summed E-state index contributed by atoms with van der Waals surface area (Å²) in [6.45, 7) is 1.21. The van der Waals surface area contributed by atoms with E-state index in [0.29, 0.717) is 26.2 Å². The number of ether oxygens (including phenoxy) is 5. The van der Waals surface area contributed by atoms with Crippen molar-refractivity contribution in [2.45, 2.75) is 56.4 Å². The maximum Gasteiger partial charge on any atom is 0.186 e. The molecule has 2 aliphatic rings. The van der Waals surface area contributed by atoms with E-state index in [-0.39, 0.29) is 12.5 Å². The molecule has 1 aliphatic carbocycles. The second-order valence-corrected chi connectivity index (χ2v) is 9.50. The summed E-state index contributed by atoms with van der Waals surface area (Å²) in [5, 5.41) is 10.0. The Kier molecular flexibility index (Phi) is 8.12. The quantitative estimate of drug-likeness (QED) is 0.427. The molecule has 0 unspecified atom stereocenters. The fourth-order valence-corrected chi connectivity index (χ4v) is 5.06. The van der Waals surface area contributed by atoms with Gasteiger partial charge in [0.25, 0.3) is 0 Å². The van der Waals surface area contributed by atoms with Crippen molar-refractivity contribution in [3.8, 4) is 0 Å². The minimum Gasteiger partial charge on any atom is -0.396 e. The number of hydrogen-bond acceptors (Lipinski definition) is 6. The summed E-state index contributed by atoms with van der Waals surface area (Å²) in [7, 11) is 1.62. The number of benzene rings is 3.